The molecule has 0 bridgehead atoms. The minimum atomic E-state index is -0.768. The molecule has 0 saturated heterocycles. The van der Waals surface area contributed by atoms with Crippen molar-refractivity contribution in [2.24, 2.45) is 5.92 Å². The van der Waals surface area contributed by atoms with E-state index in [4.69, 9.17) is 0 Å². The molecule has 26 heavy (non-hydrogen) atoms. The third kappa shape index (κ3) is 3.45. The van der Waals surface area contributed by atoms with Gasteiger partial charge in [-0.15, -0.1) is 11.3 Å². The summed E-state index contributed by atoms with van der Waals surface area (Å²) < 4.78 is 29.4. The van der Waals surface area contributed by atoms with E-state index < -0.39 is 11.6 Å². The molecule has 0 amide bonds. The lowest BCUT2D eigenvalue weighted by atomic mass is 9.82. The number of aryl methyl sites for hydroxylation is 2. The molecule has 0 nitrogen and oxygen atoms in total. The fraction of sp³-hybridized carbons (Fsp3) is 0.304. The van der Waals surface area contributed by atoms with Gasteiger partial charge >= 0.3 is 0 Å². The van der Waals surface area contributed by atoms with Gasteiger partial charge in [0.2, 0.25) is 0 Å². The fourth-order valence-corrected chi connectivity index (χ4v) is 4.52. The van der Waals surface area contributed by atoms with Crippen molar-refractivity contribution in [3.63, 3.8) is 0 Å². The normalized spacial score (nSPS) is 14.4. The van der Waals surface area contributed by atoms with Crippen LogP contribution in [0.4, 0.5) is 8.78 Å². The Bertz CT molecular complexity index is 904. The van der Waals surface area contributed by atoms with Gasteiger partial charge in [-0.25, -0.2) is 8.78 Å². The standard InChI is InChI=1S/C23H22F2S/c1-15-5-8-17(9-6-15)19-12-13-20(23(25)22(19)24)21-14-11-18(26-21)10-7-16-3-2-4-16/h5-6,8-9,11-14,16H,2-4,7,10H2,1H3. The first-order valence-corrected chi connectivity index (χ1v) is 10.1. The number of hydrogen-bond donors (Lipinski definition) is 0. The van der Waals surface area contributed by atoms with Gasteiger partial charge < -0.3 is 0 Å². The Morgan fingerprint density at radius 3 is 2.27 bits per heavy atom. The van der Waals surface area contributed by atoms with E-state index in [1.165, 1.54) is 30.6 Å². The van der Waals surface area contributed by atoms with Crippen molar-refractivity contribution in [3.8, 4) is 21.6 Å². The summed E-state index contributed by atoms with van der Waals surface area (Å²) in [5.74, 6) is -0.658. The first kappa shape index (κ1) is 17.4. The monoisotopic (exact) mass is 368 g/mol. The predicted octanol–water partition coefficient (Wildman–Crippen LogP) is 7.40. The van der Waals surface area contributed by atoms with Gasteiger partial charge in [-0.1, -0.05) is 55.2 Å². The van der Waals surface area contributed by atoms with Crippen molar-refractivity contribution < 1.29 is 8.78 Å². The highest BCUT2D eigenvalue weighted by atomic mass is 32.1. The molecule has 0 atom stereocenters. The molecule has 0 spiro atoms. The average Bonchev–Trinajstić information content (AvgIpc) is 3.05. The van der Waals surface area contributed by atoms with Crippen LogP contribution < -0.4 is 0 Å². The van der Waals surface area contributed by atoms with Crippen LogP contribution in [0.2, 0.25) is 0 Å². The lowest BCUT2D eigenvalue weighted by Crippen LogP contribution is -2.11. The number of rotatable bonds is 5. The predicted molar refractivity (Wildman–Crippen MR) is 106 cm³/mol. The van der Waals surface area contributed by atoms with Gasteiger partial charge in [0.25, 0.3) is 0 Å². The Kier molecular flexibility index (Phi) is 4.90. The van der Waals surface area contributed by atoms with E-state index in [9.17, 15) is 8.78 Å². The molecule has 0 unspecified atom stereocenters. The Morgan fingerprint density at radius 1 is 0.885 bits per heavy atom. The van der Waals surface area contributed by atoms with Crippen LogP contribution in [0, 0.1) is 24.5 Å². The quantitative estimate of drug-likeness (QED) is 0.440. The Labute approximate surface area is 157 Å². The summed E-state index contributed by atoms with van der Waals surface area (Å²) in [7, 11) is 0. The van der Waals surface area contributed by atoms with Crippen molar-refractivity contribution in [3.05, 3.63) is 70.6 Å². The second kappa shape index (κ2) is 7.32. The summed E-state index contributed by atoms with van der Waals surface area (Å²) in [6.45, 7) is 1.98. The fourth-order valence-electron chi connectivity index (χ4n) is 3.48. The maximum Gasteiger partial charge on any atom is 0.168 e. The minimum Gasteiger partial charge on any atom is -0.203 e. The van der Waals surface area contributed by atoms with Crippen LogP contribution in [-0.4, -0.2) is 0 Å². The lowest BCUT2D eigenvalue weighted by Gasteiger charge is -2.24. The molecule has 3 heteroatoms. The Balaban J connectivity index is 1.58. The molecule has 1 aliphatic carbocycles. The van der Waals surface area contributed by atoms with Crippen LogP contribution in [0.5, 0.6) is 0 Å². The highest BCUT2D eigenvalue weighted by Crippen LogP contribution is 2.36. The van der Waals surface area contributed by atoms with Crippen molar-refractivity contribution >= 4 is 11.3 Å². The Morgan fingerprint density at radius 2 is 1.58 bits per heavy atom. The molecule has 2 aromatic carbocycles. The van der Waals surface area contributed by atoms with E-state index in [1.54, 1.807) is 23.5 Å². The van der Waals surface area contributed by atoms with E-state index in [0.29, 0.717) is 16.7 Å². The number of hydrogen-bond acceptors (Lipinski definition) is 1. The van der Waals surface area contributed by atoms with E-state index in [2.05, 4.69) is 6.07 Å². The molecule has 1 heterocycles. The van der Waals surface area contributed by atoms with Gasteiger partial charge in [0, 0.05) is 20.9 Å². The third-order valence-electron chi connectivity index (χ3n) is 5.40. The van der Waals surface area contributed by atoms with E-state index in [0.717, 1.165) is 22.8 Å². The van der Waals surface area contributed by atoms with Crippen LogP contribution in [-0.2, 0) is 6.42 Å². The maximum absolute atomic E-state index is 14.7. The largest absolute Gasteiger partial charge is 0.203 e. The van der Waals surface area contributed by atoms with Crippen LogP contribution in [0.1, 0.15) is 36.1 Å². The number of benzene rings is 2. The summed E-state index contributed by atoms with van der Waals surface area (Å²) in [6.07, 6.45) is 6.30. The summed E-state index contributed by atoms with van der Waals surface area (Å²) in [6, 6.07) is 14.9. The zero-order valence-corrected chi connectivity index (χ0v) is 15.7. The first-order chi connectivity index (χ1) is 12.6. The summed E-state index contributed by atoms with van der Waals surface area (Å²) in [4.78, 5) is 2.06. The molecule has 1 aromatic heterocycles. The second-order valence-corrected chi connectivity index (χ2v) is 8.42. The van der Waals surface area contributed by atoms with Gasteiger partial charge in [0.05, 0.1) is 0 Å². The Hall–Kier alpha value is -2.00. The molecular weight excluding hydrogens is 346 g/mol. The van der Waals surface area contributed by atoms with Gasteiger partial charge in [0.1, 0.15) is 0 Å². The van der Waals surface area contributed by atoms with Crippen LogP contribution in [0.3, 0.4) is 0 Å². The number of halogens is 2. The SMILES string of the molecule is Cc1ccc(-c2ccc(-c3ccc(CCC4CCC4)s3)c(F)c2F)cc1. The van der Waals surface area contributed by atoms with Gasteiger partial charge in [-0.2, -0.15) is 0 Å². The molecule has 1 saturated carbocycles. The number of thiophene rings is 1. The van der Waals surface area contributed by atoms with Gasteiger partial charge in [-0.05, 0) is 49.4 Å². The zero-order valence-electron chi connectivity index (χ0n) is 14.9. The highest BCUT2D eigenvalue weighted by molar-refractivity contribution is 7.15. The van der Waals surface area contributed by atoms with E-state index in [-0.39, 0.29) is 0 Å². The summed E-state index contributed by atoms with van der Waals surface area (Å²) in [5, 5.41) is 0. The van der Waals surface area contributed by atoms with Crippen LogP contribution >= 0.6 is 11.3 Å². The lowest BCUT2D eigenvalue weighted by molar-refractivity contribution is 0.297. The van der Waals surface area contributed by atoms with Gasteiger partial charge in [0.15, 0.2) is 11.6 Å². The highest BCUT2D eigenvalue weighted by Gasteiger charge is 2.19. The van der Waals surface area contributed by atoms with Crippen molar-refractivity contribution in [2.45, 2.75) is 39.0 Å². The molecule has 0 radical (unpaired) electrons. The maximum atomic E-state index is 14.7. The summed E-state index contributed by atoms with van der Waals surface area (Å²) >= 11 is 1.58. The molecular formula is C23H22F2S. The van der Waals surface area contributed by atoms with Crippen LogP contribution in [0.15, 0.2) is 48.5 Å². The third-order valence-corrected chi connectivity index (χ3v) is 6.57. The van der Waals surface area contributed by atoms with Gasteiger partial charge in [-0.3, -0.25) is 0 Å². The molecule has 0 aliphatic heterocycles. The topological polar surface area (TPSA) is 0 Å². The zero-order chi connectivity index (χ0) is 18.1. The average molecular weight is 368 g/mol. The molecule has 134 valence electrons. The summed E-state index contributed by atoms with van der Waals surface area (Å²) in [5.41, 5.74) is 2.47. The van der Waals surface area contributed by atoms with Crippen molar-refractivity contribution in [1.29, 1.82) is 0 Å². The molecule has 1 fully saturated rings. The molecule has 4 rings (SSSR count). The molecule has 0 N–H and O–H groups in total. The van der Waals surface area contributed by atoms with Crippen LogP contribution in [0.25, 0.3) is 21.6 Å². The van der Waals surface area contributed by atoms with E-state index in [1.807, 2.05) is 37.3 Å². The molecule has 1 aliphatic rings. The van der Waals surface area contributed by atoms with E-state index >= 15 is 0 Å². The second-order valence-electron chi connectivity index (χ2n) is 7.26. The molecule has 3 aromatic rings. The smallest absolute Gasteiger partial charge is 0.168 e. The van der Waals surface area contributed by atoms with Crippen molar-refractivity contribution in [2.75, 3.05) is 0 Å². The van der Waals surface area contributed by atoms with Crippen molar-refractivity contribution in [1.82, 2.24) is 0 Å². The minimum absolute atomic E-state index is 0.313. The first-order valence-electron chi connectivity index (χ1n) is 9.26.